The van der Waals surface area contributed by atoms with Gasteiger partial charge in [0.15, 0.2) is 5.58 Å². The molecule has 0 aliphatic heterocycles. The summed E-state index contributed by atoms with van der Waals surface area (Å²) in [5.41, 5.74) is 2.65. The van der Waals surface area contributed by atoms with Crippen molar-refractivity contribution in [1.29, 1.82) is 5.26 Å². The Morgan fingerprint density at radius 3 is 2.82 bits per heavy atom. The maximum atomic E-state index is 9.70. The van der Waals surface area contributed by atoms with Crippen LogP contribution < -0.4 is 0 Å². The van der Waals surface area contributed by atoms with E-state index < -0.39 is 0 Å². The average Bonchev–Trinajstić information content (AvgIpc) is 3.18. The lowest BCUT2D eigenvalue weighted by Gasteiger charge is -2.27. The lowest BCUT2D eigenvalue weighted by molar-refractivity contribution is 0.248. The molecule has 2 aromatic heterocycles. The van der Waals surface area contributed by atoms with E-state index in [9.17, 15) is 5.11 Å². The van der Waals surface area contributed by atoms with Gasteiger partial charge in [-0.05, 0) is 43.9 Å². The van der Waals surface area contributed by atoms with Crippen molar-refractivity contribution >= 4 is 22.0 Å². The second-order valence-electron chi connectivity index (χ2n) is 5.96. The van der Waals surface area contributed by atoms with Gasteiger partial charge in [0.05, 0.1) is 17.8 Å². The molecule has 1 aromatic carbocycles. The molecule has 1 N–H and O–H groups in total. The van der Waals surface area contributed by atoms with Gasteiger partial charge in [-0.15, -0.1) is 0 Å². The maximum Gasteiger partial charge on any atom is 0.159 e. The molecule has 2 heterocycles. The fourth-order valence-corrected chi connectivity index (χ4v) is 3.62. The number of nitriles is 1. The summed E-state index contributed by atoms with van der Waals surface area (Å²) in [4.78, 5) is 4.56. The highest BCUT2D eigenvalue weighted by atomic mass is 16.3. The number of hydrogen-bond donors (Lipinski definition) is 1. The van der Waals surface area contributed by atoms with Gasteiger partial charge < -0.3 is 14.1 Å². The van der Waals surface area contributed by atoms with Crippen LogP contribution in [0.4, 0.5) is 0 Å². The van der Waals surface area contributed by atoms with E-state index in [1.54, 1.807) is 6.26 Å². The van der Waals surface area contributed by atoms with E-state index in [2.05, 4.69) is 15.6 Å². The minimum absolute atomic E-state index is 0.0882. The standard InChI is InChI=1S/C17H17N3O2/c18-9-11-1-4-13(5-2-11)20-15(10-21)19-14-6-3-12-7-8-22-17(12)16(14)20/h3,6-8,11,13,21H,1-2,4-5,10H2. The van der Waals surface area contributed by atoms with Crippen molar-refractivity contribution in [3.8, 4) is 6.07 Å². The highest BCUT2D eigenvalue weighted by molar-refractivity contribution is 6.01. The van der Waals surface area contributed by atoms with Crippen molar-refractivity contribution < 1.29 is 9.52 Å². The van der Waals surface area contributed by atoms with Crippen molar-refractivity contribution in [2.45, 2.75) is 38.3 Å². The van der Waals surface area contributed by atoms with Gasteiger partial charge in [-0.3, -0.25) is 0 Å². The Morgan fingerprint density at radius 2 is 2.09 bits per heavy atom. The lowest BCUT2D eigenvalue weighted by Crippen LogP contribution is -2.19. The largest absolute Gasteiger partial charge is 0.462 e. The Labute approximate surface area is 127 Å². The van der Waals surface area contributed by atoms with Gasteiger partial charge in [0.1, 0.15) is 17.9 Å². The van der Waals surface area contributed by atoms with Crippen molar-refractivity contribution in [2.75, 3.05) is 0 Å². The summed E-state index contributed by atoms with van der Waals surface area (Å²) in [6.45, 7) is -0.0882. The van der Waals surface area contributed by atoms with E-state index in [0.717, 1.165) is 47.7 Å². The fraction of sp³-hybridized carbons (Fsp3) is 0.412. The molecule has 5 nitrogen and oxygen atoms in total. The SMILES string of the molecule is N#CC1CCC(n2c(CO)nc3ccc4ccoc4c32)CC1. The zero-order chi connectivity index (χ0) is 15.1. The van der Waals surface area contributed by atoms with Crippen LogP contribution in [0.1, 0.15) is 37.5 Å². The van der Waals surface area contributed by atoms with E-state index in [4.69, 9.17) is 9.68 Å². The van der Waals surface area contributed by atoms with Crippen LogP contribution in [0, 0.1) is 17.2 Å². The molecule has 0 spiro atoms. The Hall–Kier alpha value is -2.32. The number of aromatic nitrogens is 2. The molecule has 0 atom stereocenters. The monoisotopic (exact) mass is 295 g/mol. The molecule has 22 heavy (non-hydrogen) atoms. The number of aliphatic hydroxyl groups is 1. The minimum Gasteiger partial charge on any atom is -0.462 e. The van der Waals surface area contributed by atoms with Gasteiger partial charge in [0.25, 0.3) is 0 Å². The molecule has 4 rings (SSSR count). The number of benzene rings is 1. The summed E-state index contributed by atoms with van der Waals surface area (Å²) in [5.74, 6) is 0.839. The zero-order valence-electron chi connectivity index (χ0n) is 12.2. The number of rotatable bonds is 2. The first kappa shape index (κ1) is 13.4. The van der Waals surface area contributed by atoms with Crippen LogP contribution in [0.15, 0.2) is 28.9 Å². The van der Waals surface area contributed by atoms with Crippen LogP contribution in [0.5, 0.6) is 0 Å². The number of imidazole rings is 1. The molecule has 1 fully saturated rings. The normalized spacial score (nSPS) is 22.2. The van der Waals surface area contributed by atoms with Crippen molar-refractivity contribution in [3.05, 3.63) is 30.3 Å². The van der Waals surface area contributed by atoms with Crippen molar-refractivity contribution in [3.63, 3.8) is 0 Å². The van der Waals surface area contributed by atoms with Crippen LogP contribution in [0.2, 0.25) is 0 Å². The van der Waals surface area contributed by atoms with Gasteiger partial charge in [-0.2, -0.15) is 5.26 Å². The van der Waals surface area contributed by atoms with Gasteiger partial charge in [-0.25, -0.2) is 4.98 Å². The van der Waals surface area contributed by atoms with Gasteiger partial charge >= 0.3 is 0 Å². The number of furan rings is 1. The zero-order valence-corrected chi connectivity index (χ0v) is 12.2. The molecule has 0 unspecified atom stereocenters. The first-order valence-electron chi connectivity index (χ1n) is 7.69. The van der Waals surface area contributed by atoms with Gasteiger partial charge in [0.2, 0.25) is 0 Å². The van der Waals surface area contributed by atoms with Crippen LogP contribution in [0.3, 0.4) is 0 Å². The number of aliphatic hydroxyl groups excluding tert-OH is 1. The topological polar surface area (TPSA) is 75.0 Å². The summed E-state index contributed by atoms with van der Waals surface area (Å²) in [6, 6.07) is 8.55. The quantitative estimate of drug-likeness (QED) is 0.784. The summed E-state index contributed by atoms with van der Waals surface area (Å²) in [5, 5.41) is 19.8. The van der Waals surface area contributed by atoms with E-state index >= 15 is 0 Å². The smallest absolute Gasteiger partial charge is 0.159 e. The number of nitrogens with zero attached hydrogens (tertiary/aromatic N) is 3. The molecule has 0 saturated heterocycles. The Morgan fingerprint density at radius 1 is 1.27 bits per heavy atom. The maximum absolute atomic E-state index is 9.70. The highest BCUT2D eigenvalue weighted by Gasteiger charge is 2.26. The van der Waals surface area contributed by atoms with Crippen LogP contribution in [-0.2, 0) is 6.61 Å². The van der Waals surface area contributed by atoms with Crippen LogP contribution in [-0.4, -0.2) is 14.7 Å². The van der Waals surface area contributed by atoms with Gasteiger partial charge in [-0.1, -0.05) is 0 Å². The van der Waals surface area contributed by atoms with Crippen molar-refractivity contribution in [1.82, 2.24) is 9.55 Å². The molecule has 3 aromatic rings. The summed E-state index contributed by atoms with van der Waals surface area (Å²) in [7, 11) is 0. The van der Waals surface area contributed by atoms with E-state index in [1.807, 2.05) is 18.2 Å². The van der Waals surface area contributed by atoms with Crippen molar-refractivity contribution in [2.24, 2.45) is 5.92 Å². The third-order valence-electron chi connectivity index (χ3n) is 4.73. The molecule has 0 bridgehead atoms. The highest BCUT2D eigenvalue weighted by Crippen LogP contribution is 2.37. The van der Waals surface area contributed by atoms with E-state index in [0.29, 0.717) is 5.82 Å². The predicted molar refractivity (Wildman–Crippen MR) is 82.0 cm³/mol. The molecule has 0 radical (unpaired) electrons. The summed E-state index contributed by atoms with van der Waals surface area (Å²) in [6.07, 6.45) is 5.37. The molecule has 1 aliphatic carbocycles. The Bertz CT molecular complexity index is 863. The first-order chi connectivity index (χ1) is 10.8. The summed E-state index contributed by atoms with van der Waals surface area (Å²) < 4.78 is 7.80. The van der Waals surface area contributed by atoms with Crippen LogP contribution in [0.25, 0.3) is 22.0 Å². The molecule has 5 heteroatoms. The molecule has 112 valence electrons. The molecular weight excluding hydrogens is 278 g/mol. The Kier molecular flexibility index (Phi) is 3.12. The second kappa shape index (κ2) is 5.15. The minimum atomic E-state index is -0.0882. The van der Waals surface area contributed by atoms with Crippen LogP contribution >= 0.6 is 0 Å². The molecule has 0 amide bonds. The average molecular weight is 295 g/mol. The van der Waals surface area contributed by atoms with Gasteiger partial charge in [0, 0.05) is 17.3 Å². The number of fused-ring (bicyclic) bond motifs is 3. The molecular formula is C17H17N3O2. The van der Waals surface area contributed by atoms with E-state index in [1.165, 1.54) is 0 Å². The Balaban J connectivity index is 1.88. The first-order valence-corrected chi connectivity index (χ1v) is 7.69. The third-order valence-corrected chi connectivity index (χ3v) is 4.73. The molecule has 1 saturated carbocycles. The second-order valence-corrected chi connectivity index (χ2v) is 5.96. The third kappa shape index (κ3) is 1.92. The lowest BCUT2D eigenvalue weighted by atomic mass is 9.86. The number of hydrogen-bond acceptors (Lipinski definition) is 4. The molecule has 1 aliphatic rings. The summed E-state index contributed by atoms with van der Waals surface area (Å²) >= 11 is 0. The predicted octanol–water partition coefficient (Wildman–Crippen LogP) is 3.53. The fourth-order valence-electron chi connectivity index (χ4n) is 3.62. The van der Waals surface area contributed by atoms with E-state index in [-0.39, 0.29) is 18.6 Å².